The second-order valence-electron chi connectivity index (χ2n) is 4.73. The van der Waals surface area contributed by atoms with E-state index in [1.807, 2.05) is 13.8 Å². The molecule has 0 saturated heterocycles. The number of hydrogen-bond acceptors (Lipinski definition) is 3. The standard InChI is InChI=1S/C12H15BrN2O3/c1-8-6-9(15(17)18)4-5-10(8)11(16)14-12(2,3)7-13/h4-6H,7H2,1-3H3,(H,14,16). The highest BCUT2D eigenvalue weighted by atomic mass is 79.9. The second-order valence-corrected chi connectivity index (χ2v) is 5.29. The number of carbonyl (C=O) groups is 1. The number of halogens is 1. The summed E-state index contributed by atoms with van der Waals surface area (Å²) in [6.07, 6.45) is 0. The molecule has 18 heavy (non-hydrogen) atoms. The van der Waals surface area contributed by atoms with E-state index in [0.717, 1.165) is 0 Å². The van der Waals surface area contributed by atoms with Crippen LogP contribution in [0, 0.1) is 17.0 Å². The lowest BCUT2D eigenvalue weighted by Crippen LogP contribution is -2.44. The summed E-state index contributed by atoms with van der Waals surface area (Å²) < 4.78 is 0. The van der Waals surface area contributed by atoms with Crippen LogP contribution in [0.1, 0.15) is 29.8 Å². The van der Waals surface area contributed by atoms with E-state index < -0.39 is 4.92 Å². The normalized spacial score (nSPS) is 11.1. The van der Waals surface area contributed by atoms with Crippen LogP contribution in [0.25, 0.3) is 0 Å². The first-order valence-corrected chi connectivity index (χ1v) is 6.52. The third-order valence-corrected chi connectivity index (χ3v) is 3.85. The maximum absolute atomic E-state index is 12.0. The van der Waals surface area contributed by atoms with E-state index in [1.165, 1.54) is 18.2 Å². The second kappa shape index (κ2) is 5.48. The van der Waals surface area contributed by atoms with Crippen LogP contribution < -0.4 is 5.32 Å². The molecule has 98 valence electrons. The lowest BCUT2D eigenvalue weighted by molar-refractivity contribution is -0.384. The molecule has 0 spiro atoms. The Kier molecular flexibility index (Phi) is 4.45. The summed E-state index contributed by atoms with van der Waals surface area (Å²) in [4.78, 5) is 22.2. The number of non-ortho nitro benzene ring substituents is 1. The van der Waals surface area contributed by atoms with Gasteiger partial charge in [-0.2, -0.15) is 0 Å². The Balaban J connectivity index is 2.97. The predicted molar refractivity (Wildman–Crippen MR) is 73.2 cm³/mol. The molecular weight excluding hydrogens is 300 g/mol. The molecule has 1 aromatic rings. The summed E-state index contributed by atoms with van der Waals surface area (Å²) >= 11 is 3.32. The first-order valence-electron chi connectivity index (χ1n) is 5.40. The van der Waals surface area contributed by atoms with E-state index in [2.05, 4.69) is 21.2 Å². The molecule has 0 fully saturated rings. The van der Waals surface area contributed by atoms with Gasteiger partial charge in [-0.15, -0.1) is 0 Å². The summed E-state index contributed by atoms with van der Waals surface area (Å²) in [5, 5.41) is 14.1. The van der Waals surface area contributed by atoms with Crippen LogP contribution in [0.15, 0.2) is 18.2 Å². The fraction of sp³-hybridized carbons (Fsp3) is 0.417. The molecule has 0 atom stereocenters. The van der Waals surface area contributed by atoms with E-state index in [9.17, 15) is 14.9 Å². The molecule has 0 aliphatic heterocycles. The average Bonchev–Trinajstić information content (AvgIpc) is 2.28. The maximum atomic E-state index is 12.0. The third-order valence-electron chi connectivity index (χ3n) is 2.45. The Bertz CT molecular complexity index is 486. The number of hydrogen-bond donors (Lipinski definition) is 1. The maximum Gasteiger partial charge on any atom is 0.269 e. The molecule has 0 aromatic heterocycles. The summed E-state index contributed by atoms with van der Waals surface area (Å²) in [6.45, 7) is 5.46. The zero-order chi connectivity index (χ0) is 13.9. The minimum atomic E-state index is -0.475. The lowest BCUT2D eigenvalue weighted by Gasteiger charge is -2.23. The number of nitrogens with zero attached hydrogens (tertiary/aromatic N) is 1. The Morgan fingerprint density at radius 3 is 2.56 bits per heavy atom. The van der Waals surface area contributed by atoms with Gasteiger partial charge in [0.25, 0.3) is 11.6 Å². The number of nitro benzene ring substituents is 1. The van der Waals surface area contributed by atoms with Crippen molar-refractivity contribution in [1.82, 2.24) is 5.32 Å². The highest BCUT2D eigenvalue weighted by Crippen LogP contribution is 2.18. The van der Waals surface area contributed by atoms with E-state index in [0.29, 0.717) is 16.5 Å². The van der Waals surface area contributed by atoms with Crippen LogP contribution in [0.2, 0.25) is 0 Å². The van der Waals surface area contributed by atoms with Gasteiger partial charge in [0.05, 0.1) is 4.92 Å². The number of aryl methyl sites for hydroxylation is 1. The highest BCUT2D eigenvalue weighted by molar-refractivity contribution is 9.09. The van der Waals surface area contributed by atoms with Crippen molar-refractivity contribution in [1.29, 1.82) is 0 Å². The molecule has 0 aliphatic rings. The molecule has 5 nitrogen and oxygen atoms in total. The van der Waals surface area contributed by atoms with E-state index in [1.54, 1.807) is 6.92 Å². The fourth-order valence-corrected chi connectivity index (χ4v) is 1.56. The van der Waals surface area contributed by atoms with Gasteiger partial charge in [-0.05, 0) is 32.4 Å². The summed E-state index contributed by atoms with van der Waals surface area (Å²) in [7, 11) is 0. The predicted octanol–water partition coefficient (Wildman–Crippen LogP) is 2.81. The minimum absolute atomic E-state index is 0.0104. The van der Waals surface area contributed by atoms with E-state index in [-0.39, 0.29) is 17.1 Å². The first-order chi connectivity index (χ1) is 8.26. The SMILES string of the molecule is Cc1cc([N+](=O)[O-])ccc1C(=O)NC(C)(C)CBr. The van der Waals surface area contributed by atoms with Gasteiger partial charge < -0.3 is 5.32 Å². The zero-order valence-corrected chi connectivity index (χ0v) is 12.1. The van der Waals surface area contributed by atoms with Crippen LogP contribution in [0.4, 0.5) is 5.69 Å². The monoisotopic (exact) mass is 314 g/mol. The van der Waals surface area contributed by atoms with Gasteiger partial charge in [0.1, 0.15) is 0 Å². The molecular formula is C12H15BrN2O3. The van der Waals surface area contributed by atoms with Crippen molar-refractivity contribution in [2.75, 3.05) is 5.33 Å². The van der Waals surface area contributed by atoms with Crippen molar-refractivity contribution in [3.63, 3.8) is 0 Å². The van der Waals surface area contributed by atoms with Gasteiger partial charge in [-0.1, -0.05) is 15.9 Å². The first kappa shape index (κ1) is 14.6. The number of nitrogens with one attached hydrogen (secondary N) is 1. The number of alkyl halides is 1. The van der Waals surface area contributed by atoms with Gasteiger partial charge in [0, 0.05) is 28.6 Å². The fourth-order valence-electron chi connectivity index (χ4n) is 1.42. The van der Waals surface area contributed by atoms with Crippen molar-refractivity contribution in [3.8, 4) is 0 Å². The number of carbonyl (C=O) groups excluding carboxylic acids is 1. The molecule has 1 N–H and O–H groups in total. The van der Waals surface area contributed by atoms with Crippen LogP contribution in [0.3, 0.4) is 0 Å². The molecule has 0 heterocycles. The van der Waals surface area contributed by atoms with Gasteiger partial charge >= 0.3 is 0 Å². The van der Waals surface area contributed by atoms with Crippen LogP contribution in [0.5, 0.6) is 0 Å². The smallest absolute Gasteiger partial charge is 0.269 e. The summed E-state index contributed by atoms with van der Waals surface area (Å²) in [5.74, 6) is -0.230. The van der Waals surface area contributed by atoms with Crippen LogP contribution >= 0.6 is 15.9 Å². The van der Waals surface area contributed by atoms with E-state index in [4.69, 9.17) is 0 Å². The van der Waals surface area contributed by atoms with Gasteiger partial charge in [0.2, 0.25) is 0 Å². The molecule has 6 heteroatoms. The quantitative estimate of drug-likeness (QED) is 0.527. The number of amides is 1. The Morgan fingerprint density at radius 2 is 2.11 bits per heavy atom. The molecule has 0 saturated carbocycles. The van der Waals surface area contributed by atoms with Crippen LogP contribution in [-0.2, 0) is 0 Å². The third kappa shape index (κ3) is 3.53. The number of nitro groups is 1. The lowest BCUT2D eigenvalue weighted by atomic mass is 10.0. The van der Waals surface area contributed by atoms with Crippen molar-refractivity contribution >= 4 is 27.5 Å². The number of benzene rings is 1. The molecule has 0 bridgehead atoms. The molecule has 1 aromatic carbocycles. The molecule has 1 amide bonds. The summed E-state index contributed by atoms with van der Waals surface area (Å²) in [5.41, 5.74) is 0.663. The van der Waals surface area contributed by atoms with Gasteiger partial charge in [-0.25, -0.2) is 0 Å². The van der Waals surface area contributed by atoms with Crippen molar-refractivity contribution in [2.24, 2.45) is 0 Å². The van der Waals surface area contributed by atoms with Gasteiger partial charge in [-0.3, -0.25) is 14.9 Å². The minimum Gasteiger partial charge on any atom is -0.346 e. The molecule has 0 aliphatic carbocycles. The molecule has 0 radical (unpaired) electrons. The van der Waals surface area contributed by atoms with Crippen molar-refractivity contribution < 1.29 is 9.72 Å². The molecule has 0 unspecified atom stereocenters. The number of rotatable bonds is 4. The van der Waals surface area contributed by atoms with Gasteiger partial charge in [0.15, 0.2) is 0 Å². The molecule has 1 rings (SSSR count). The average molecular weight is 315 g/mol. The van der Waals surface area contributed by atoms with E-state index >= 15 is 0 Å². The van der Waals surface area contributed by atoms with Crippen molar-refractivity contribution in [2.45, 2.75) is 26.3 Å². The van der Waals surface area contributed by atoms with Crippen molar-refractivity contribution in [3.05, 3.63) is 39.4 Å². The van der Waals surface area contributed by atoms with Crippen LogP contribution in [-0.4, -0.2) is 21.7 Å². The summed E-state index contributed by atoms with van der Waals surface area (Å²) in [6, 6.07) is 4.21. The Hall–Kier alpha value is -1.43. The zero-order valence-electron chi connectivity index (χ0n) is 10.5. The topological polar surface area (TPSA) is 72.2 Å². The Morgan fingerprint density at radius 1 is 1.50 bits per heavy atom. The largest absolute Gasteiger partial charge is 0.346 e. The highest BCUT2D eigenvalue weighted by Gasteiger charge is 2.21. The Labute approximate surface area is 114 Å².